The van der Waals surface area contributed by atoms with E-state index in [0.29, 0.717) is 22.8 Å². The molecule has 0 radical (unpaired) electrons. The lowest BCUT2D eigenvalue weighted by molar-refractivity contribution is 0.0846. The molecule has 0 unspecified atom stereocenters. The first-order valence-corrected chi connectivity index (χ1v) is 8.54. The smallest absolute Gasteiger partial charge is 0.269 e. The number of rotatable bonds is 4. The Kier molecular flexibility index (Phi) is 6.19. The van der Waals surface area contributed by atoms with Gasteiger partial charge in [-0.05, 0) is 64.4 Å². The summed E-state index contributed by atoms with van der Waals surface area (Å²) in [5.74, 6) is 0.352. The highest BCUT2D eigenvalue weighted by Crippen LogP contribution is 2.21. The van der Waals surface area contributed by atoms with E-state index in [1.54, 1.807) is 37.4 Å². The first kappa shape index (κ1) is 18.3. The van der Waals surface area contributed by atoms with Crippen molar-refractivity contribution in [2.75, 3.05) is 7.11 Å². The fourth-order valence-corrected chi connectivity index (χ4v) is 2.82. The van der Waals surface area contributed by atoms with E-state index in [1.165, 1.54) is 0 Å². The number of amides is 2. The van der Waals surface area contributed by atoms with E-state index in [1.807, 2.05) is 12.1 Å². The number of methoxy groups -OCH3 is 1. The second-order valence-corrected chi connectivity index (χ2v) is 6.70. The van der Waals surface area contributed by atoms with Crippen molar-refractivity contribution >= 4 is 34.4 Å². The molecule has 6 heteroatoms. The molecule has 2 N–H and O–H groups in total. The van der Waals surface area contributed by atoms with Crippen LogP contribution in [0.5, 0.6) is 5.75 Å². The zero-order valence-corrected chi connectivity index (χ0v) is 15.9. The van der Waals surface area contributed by atoms with Gasteiger partial charge in [0.2, 0.25) is 0 Å². The summed E-state index contributed by atoms with van der Waals surface area (Å²) in [6, 6.07) is 12.3. The Hall–Kier alpha value is -2.09. The van der Waals surface area contributed by atoms with Crippen molar-refractivity contribution in [3.63, 3.8) is 0 Å². The molecule has 0 aliphatic carbocycles. The number of halogens is 1. The topological polar surface area (TPSA) is 67.4 Å². The number of carbonyl (C=O) groups excluding carboxylic acids is 2. The largest absolute Gasteiger partial charge is 0.496 e. The maximum Gasteiger partial charge on any atom is 0.269 e. The van der Waals surface area contributed by atoms with Crippen molar-refractivity contribution in [2.45, 2.75) is 19.8 Å². The van der Waals surface area contributed by atoms with Crippen molar-refractivity contribution in [1.82, 2.24) is 10.9 Å². The van der Waals surface area contributed by atoms with Gasteiger partial charge in [0, 0.05) is 11.1 Å². The highest BCUT2D eigenvalue weighted by molar-refractivity contribution is 14.1. The molecule has 0 saturated heterocycles. The third-order valence-corrected chi connectivity index (χ3v) is 4.39. The van der Waals surface area contributed by atoms with E-state index in [4.69, 9.17) is 4.74 Å². The fraction of sp³-hybridized carbons (Fsp3) is 0.222. The summed E-state index contributed by atoms with van der Waals surface area (Å²) < 4.78 is 5.97. The number of hydrogen-bond donors (Lipinski definition) is 2. The number of carbonyl (C=O) groups is 2. The van der Waals surface area contributed by atoms with E-state index < -0.39 is 0 Å². The highest BCUT2D eigenvalue weighted by atomic mass is 127. The summed E-state index contributed by atoms with van der Waals surface area (Å²) in [5.41, 5.74) is 6.92. The van der Waals surface area contributed by atoms with E-state index in [0.717, 1.165) is 9.13 Å². The molecule has 2 amide bonds. The number of nitrogens with one attached hydrogen (secondary N) is 2. The lowest BCUT2D eigenvalue weighted by Gasteiger charge is -2.10. The van der Waals surface area contributed by atoms with Gasteiger partial charge in [0.15, 0.2) is 0 Å². The van der Waals surface area contributed by atoms with Crippen LogP contribution in [0.4, 0.5) is 0 Å². The molecule has 0 aliphatic rings. The van der Waals surface area contributed by atoms with Crippen LogP contribution in [0.25, 0.3) is 0 Å². The van der Waals surface area contributed by atoms with E-state index in [9.17, 15) is 9.59 Å². The van der Waals surface area contributed by atoms with Crippen LogP contribution < -0.4 is 15.6 Å². The lowest BCUT2D eigenvalue weighted by Crippen LogP contribution is -2.41. The first-order chi connectivity index (χ1) is 11.4. The molecule has 0 saturated carbocycles. The van der Waals surface area contributed by atoms with Gasteiger partial charge in [0.1, 0.15) is 5.75 Å². The number of hydrazine groups is 1. The average Bonchev–Trinajstić information content (AvgIpc) is 2.59. The molecule has 5 nitrogen and oxygen atoms in total. The number of hydrogen-bond acceptors (Lipinski definition) is 3. The van der Waals surface area contributed by atoms with Crippen molar-refractivity contribution in [1.29, 1.82) is 0 Å². The molecule has 0 fully saturated rings. The Balaban J connectivity index is 1.98. The monoisotopic (exact) mass is 438 g/mol. The first-order valence-electron chi connectivity index (χ1n) is 7.46. The fourth-order valence-electron chi connectivity index (χ4n) is 2.08. The maximum atomic E-state index is 12.1. The molecule has 2 aromatic carbocycles. The minimum Gasteiger partial charge on any atom is -0.496 e. The molecule has 0 aliphatic heterocycles. The molecule has 0 spiro atoms. The van der Waals surface area contributed by atoms with Gasteiger partial charge >= 0.3 is 0 Å². The van der Waals surface area contributed by atoms with Crippen LogP contribution in [-0.4, -0.2) is 18.9 Å². The predicted octanol–water partition coefficient (Wildman–Crippen LogP) is 3.50. The molecule has 0 aromatic heterocycles. The molecule has 0 heterocycles. The van der Waals surface area contributed by atoms with Crippen molar-refractivity contribution < 1.29 is 14.3 Å². The summed E-state index contributed by atoms with van der Waals surface area (Å²) in [6.45, 7) is 4.18. The summed E-state index contributed by atoms with van der Waals surface area (Å²) in [5, 5.41) is 0. The molecule has 2 aromatic rings. The SMILES string of the molecule is COc1ccc(C(=O)NNC(=O)c2ccc(C(C)C)cc2)cc1I. The quantitative estimate of drug-likeness (QED) is 0.568. The zero-order valence-electron chi connectivity index (χ0n) is 13.7. The third-order valence-electron chi connectivity index (χ3n) is 3.54. The minimum atomic E-state index is -0.386. The Morgan fingerprint density at radius 2 is 1.50 bits per heavy atom. The molecule has 0 atom stereocenters. The summed E-state index contributed by atoms with van der Waals surface area (Å²) in [7, 11) is 1.57. The molecule has 126 valence electrons. The second-order valence-electron chi connectivity index (χ2n) is 5.53. The molecular formula is C18H19IN2O3. The Morgan fingerprint density at radius 1 is 0.958 bits per heavy atom. The lowest BCUT2D eigenvalue weighted by atomic mass is 10.0. The van der Waals surface area contributed by atoms with E-state index in [2.05, 4.69) is 47.3 Å². The molecule has 24 heavy (non-hydrogen) atoms. The van der Waals surface area contributed by atoms with Gasteiger partial charge in [-0.15, -0.1) is 0 Å². The average molecular weight is 438 g/mol. The van der Waals surface area contributed by atoms with Crippen LogP contribution in [0.3, 0.4) is 0 Å². The van der Waals surface area contributed by atoms with Crippen LogP contribution >= 0.6 is 22.6 Å². The zero-order chi connectivity index (χ0) is 17.7. The van der Waals surface area contributed by atoms with Gasteiger partial charge in [-0.3, -0.25) is 20.4 Å². The van der Waals surface area contributed by atoms with E-state index >= 15 is 0 Å². The Labute approximate surface area is 154 Å². The van der Waals surface area contributed by atoms with Crippen LogP contribution in [0.1, 0.15) is 46.0 Å². The van der Waals surface area contributed by atoms with Crippen LogP contribution in [0, 0.1) is 3.57 Å². The van der Waals surface area contributed by atoms with E-state index in [-0.39, 0.29) is 11.8 Å². The summed E-state index contributed by atoms with van der Waals surface area (Å²) >= 11 is 2.09. The van der Waals surface area contributed by atoms with Gasteiger partial charge in [-0.2, -0.15) is 0 Å². The molecular weight excluding hydrogens is 419 g/mol. The van der Waals surface area contributed by atoms with Crippen LogP contribution in [0.15, 0.2) is 42.5 Å². The molecule has 0 bridgehead atoms. The Bertz CT molecular complexity index is 742. The second kappa shape index (κ2) is 8.14. The highest BCUT2D eigenvalue weighted by Gasteiger charge is 2.11. The van der Waals surface area contributed by atoms with Gasteiger partial charge in [0.05, 0.1) is 10.7 Å². The van der Waals surface area contributed by atoms with Crippen molar-refractivity contribution in [2.24, 2.45) is 0 Å². The molecule has 2 rings (SSSR count). The Morgan fingerprint density at radius 3 is 2.00 bits per heavy atom. The standard InChI is InChI=1S/C18H19IN2O3/c1-11(2)12-4-6-13(7-5-12)17(22)20-21-18(23)14-8-9-16(24-3)15(19)10-14/h4-11H,1-3H3,(H,20,22)(H,21,23). The number of benzene rings is 2. The summed E-state index contributed by atoms with van der Waals surface area (Å²) in [6.07, 6.45) is 0. The minimum absolute atomic E-state index is 0.359. The van der Waals surface area contributed by atoms with Crippen molar-refractivity contribution in [3.8, 4) is 5.75 Å². The predicted molar refractivity (Wildman–Crippen MR) is 101 cm³/mol. The van der Waals surface area contributed by atoms with Gasteiger partial charge in [-0.25, -0.2) is 0 Å². The van der Waals surface area contributed by atoms with Gasteiger partial charge in [0.25, 0.3) is 11.8 Å². The third kappa shape index (κ3) is 4.47. The number of ether oxygens (including phenoxy) is 1. The van der Waals surface area contributed by atoms with Gasteiger partial charge < -0.3 is 4.74 Å². The van der Waals surface area contributed by atoms with Crippen LogP contribution in [0.2, 0.25) is 0 Å². The van der Waals surface area contributed by atoms with Crippen molar-refractivity contribution in [3.05, 3.63) is 62.7 Å². The van der Waals surface area contributed by atoms with Crippen LogP contribution in [-0.2, 0) is 0 Å². The van der Waals surface area contributed by atoms with Gasteiger partial charge in [-0.1, -0.05) is 26.0 Å². The summed E-state index contributed by atoms with van der Waals surface area (Å²) in [4.78, 5) is 24.2. The normalized spacial score (nSPS) is 10.4. The maximum absolute atomic E-state index is 12.1.